The summed E-state index contributed by atoms with van der Waals surface area (Å²) < 4.78 is 0. The van der Waals surface area contributed by atoms with Crippen LogP contribution in [0.2, 0.25) is 0 Å². The van der Waals surface area contributed by atoms with Crippen molar-refractivity contribution in [3.8, 4) is 0 Å². The van der Waals surface area contributed by atoms with Crippen LogP contribution >= 0.6 is 11.3 Å². The lowest BCUT2D eigenvalue weighted by Gasteiger charge is -2.09. The van der Waals surface area contributed by atoms with Gasteiger partial charge in [-0.2, -0.15) is 0 Å². The molecule has 0 aliphatic rings. The number of carbonyl (C=O) groups is 1. The zero-order valence-corrected chi connectivity index (χ0v) is 11.6. The van der Waals surface area contributed by atoms with Gasteiger partial charge in [0.05, 0.1) is 17.4 Å². The van der Waals surface area contributed by atoms with Gasteiger partial charge in [0.2, 0.25) is 5.13 Å². The standard InChI is InChI=1S/C12H15N5OS/c1-3-5-14-10-7-13-6-4-9(10)11(18)15-12-17-16-8(2)19-12/h4,6-7,14H,3,5H2,1-2H3,(H,15,17,18). The lowest BCUT2D eigenvalue weighted by molar-refractivity contribution is 0.102. The van der Waals surface area contributed by atoms with E-state index in [1.54, 1.807) is 18.5 Å². The van der Waals surface area contributed by atoms with E-state index in [0.29, 0.717) is 10.7 Å². The number of nitrogens with one attached hydrogen (secondary N) is 2. The number of nitrogens with zero attached hydrogens (tertiary/aromatic N) is 3. The molecule has 0 bridgehead atoms. The Morgan fingerprint density at radius 3 is 2.95 bits per heavy atom. The molecule has 0 spiro atoms. The monoisotopic (exact) mass is 277 g/mol. The third-order valence-corrected chi connectivity index (χ3v) is 3.13. The predicted molar refractivity (Wildman–Crippen MR) is 75.6 cm³/mol. The molecule has 100 valence electrons. The van der Waals surface area contributed by atoms with E-state index in [9.17, 15) is 4.79 Å². The van der Waals surface area contributed by atoms with Crippen LogP contribution in [0.5, 0.6) is 0 Å². The Morgan fingerprint density at radius 1 is 1.42 bits per heavy atom. The molecule has 2 rings (SSSR count). The van der Waals surface area contributed by atoms with Gasteiger partial charge in [-0.15, -0.1) is 10.2 Å². The number of anilines is 2. The second-order valence-electron chi connectivity index (χ2n) is 3.93. The summed E-state index contributed by atoms with van der Waals surface area (Å²) in [6.07, 6.45) is 4.22. The van der Waals surface area contributed by atoms with Gasteiger partial charge >= 0.3 is 0 Å². The summed E-state index contributed by atoms with van der Waals surface area (Å²) >= 11 is 1.34. The van der Waals surface area contributed by atoms with E-state index in [1.807, 2.05) is 6.92 Å². The minimum Gasteiger partial charge on any atom is -0.383 e. The van der Waals surface area contributed by atoms with Gasteiger partial charge in [0.25, 0.3) is 5.91 Å². The first-order valence-electron chi connectivity index (χ1n) is 6.00. The van der Waals surface area contributed by atoms with Gasteiger partial charge in [0.1, 0.15) is 5.01 Å². The summed E-state index contributed by atoms with van der Waals surface area (Å²) in [5, 5.41) is 15.0. The van der Waals surface area contributed by atoms with Crippen LogP contribution in [0.4, 0.5) is 10.8 Å². The van der Waals surface area contributed by atoms with E-state index in [0.717, 1.165) is 23.7 Å². The first-order valence-corrected chi connectivity index (χ1v) is 6.81. The molecule has 0 aliphatic heterocycles. The third kappa shape index (κ3) is 3.47. The maximum atomic E-state index is 12.2. The second kappa shape index (κ2) is 6.24. The van der Waals surface area contributed by atoms with Crippen molar-refractivity contribution in [1.29, 1.82) is 0 Å². The highest BCUT2D eigenvalue weighted by Gasteiger charge is 2.13. The lowest BCUT2D eigenvalue weighted by atomic mass is 10.2. The Balaban J connectivity index is 2.14. The van der Waals surface area contributed by atoms with Crippen LogP contribution in [0.25, 0.3) is 0 Å². The molecule has 2 N–H and O–H groups in total. The number of amides is 1. The molecule has 7 heteroatoms. The molecule has 2 aromatic heterocycles. The normalized spacial score (nSPS) is 10.2. The maximum absolute atomic E-state index is 12.2. The van der Waals surface area contributed by atoms with E-state index in [1.165, 1.54) is 11.3 Å². The SMILES string of the molecule is CCCNc1cnccc1C(=O)Nc1nnc(C)s1. The van der Waals surface area contributed by atoms with Crippen LogP contribution in [0.1, 0.15) is 28.7 Å². The summed E-state index contributed by atoms with van der Waals surface area (Å²) in [7, 11) is 0. The van der Waals surface area contributed by atoms with E-state index in [2.05, 4.69) is 32.7 Å². The van der Waals surface area contributed by atoms with Crippen LogP contribution in [-0.4, -0.2) is 27.6 Å². The number of hydrogen-bond acceptors (Lipinski definition) is 6. The van der Waals surface area contributed by atoms with Crippen molar-refractivity contribution in [2.75, 3.05) is 17.2 Å². The molecule has 19 heavy (non-hydrogen) atoms. The molecule has 0 radical (unpaired) electrons. The van der Waals surface area contributed by atoms with Crippen LogP contribution in [0.15, 0.2) is 18.5 Å². The number of rotatable bonds is 5. The highest BCUT2D eigenvalue weighted by atomic mass is 32.1. The molecule has 0 saturated carbocycles. The third-order valence-electron chi connectivity index (χ3n) is 2.38. The molecule has 0 aliphatic carbocycles. The fourth-order valence-electron chi connectivity index (χ4n) is 1.50. The molecular weight excluding hydrogens is 262 g/mol. The number of hydrogen-bond donors (Lipinski definition) is 2. The minimum atomic E-state index is -0.211. The highest BCUT2D eigenvalue weighted by Crippen LogP contribution is 2.18. The molecule has 6 nitrogen and oxygen atoms in total. The Labute approximate surface area is 115 Å². The van der Waals surface area contributed by atoms with E-state index < -0.39 is 0 Å². The minimum absolute atomic E-state index is 0.211. The number of aromatic nitrogens is 3. The van der Waals surface area contributed by atoms with E-state index >= 15 is 0 Å². The maximum Gasteiger partial charge on any atom is 0.259 e. The predicted octanol–water partition coefficient (Wildman–Crippen LogP) is 2.32. The Kier molecular flexibility index (Phi) is 4.40. The first-order chi connectivity index (χ1) is 9.20. The quantitative estimate of drug-likeness (QED) is 0.876. The molecule has 1 amide bonds. The summed E-state index contributed by atoms with van der Waals surface area (Å²) in [5.41, 5.74) is 1.28. The number of aryl methyl sites for hydroxylation is 1. The zero-order valence-electron chi connectivity index (χ0n) is 10.8. The highest BCUT2D eigenvalue weighted by molar-refractivity contribution is 7.15. The Bertz CT molecular complexity index is 569. The molecule has 0 aromatic carbocycles. The van der Waals surface area contributed by atoms with Gasteiger partial charge < -0.3 is 5.32 Å². The van der Waals surface area contributed by atoms with E-state index in [4.69, 9.17) is 0 Å². The Morgan fingerprint density at radius 2 is 2.26 bits per heavy atom. The van der Waals surface area contributed by atoms with Crippen molar-refractivity contribution < 1.29 is 4.79 Å². The first kappa shape index (κ1) is 13.4. The van der Waals surface area contributed by atoms with Crippen molar-refractivity contribution in [3.05, 3.63) is 29.0 Å². The summed E-state index contributed by atoms with van der Waals surface area (Å²) in [6.45, 7) is 4.70. The van der Waals surface area contributed by atoms with Gasteiger partial charge in [-0.3, -0.25) is 15.1 Å². The second-order valence-corrected chi connectivity index (χ2v) is 5.11. The Hall–Kier alpha value is -2.02. The molecular formula is C12H15N5OS. The van der Waals surface area contributed by atoms with Gasteiger partial charge in [0, 0.05) is 12.7 Å². The topological polar surface area (TPSA) is 79.8 Å². The van der Waals surface area contributed by atoms with Crippen LogP contribution < -0.4 is 10.6 Å². The molecule has 0 atom stereocenters. The summed E-state index contributed by atoms with van der Waals surface area (Å²) in [4.78, 5) is 16.2. The molecule has 2 heterocycles. The van der Waals surface area contributed by atoms with Crippen LogP contribution in [0, 0.1) is 6.92 Å². The molecule has 0 fully saturated rings. The zero-order chi connectivity index (χ0) is 13.7. The van der Waals surface area contributed by atoms with Crippen LogP contribution in [-0.2, 0) is 0 Å². The lowest BCUT2D eigenvalue weighted by Crippen LogP contribution is -2.15. The fraction of sp³-hybridized carbons (Fsp3) is 0.333. The van der Waals surface area contributed by atoms with Gasteiger partial charge in [-0.1, -0.05) is 18.3 Å². The van der Waals surface area contributed by atoms with Crippen LogP contribution in [0.3, 0.4) is 0 Å². The smallest absolute Gasteiger partial charge is 0.259 e. The largest absolute Gasteiger partial charge is 0.383 e. The van der Waals surface area contributed by atoms with Crippen molar-refractivity contribution >= 4 is 28.1 Å². The molecule has 0 saturated heterocycles. The van der Waals surface area contributed by atoms with Crippen molar-refractivity contribution in [3.63, 3.8) is 0 Å². The van der Waals surface area contributed by atoms with Gasteiger partial charge in [-0.25, -0.2) is 0 Å². The van der Waals surface area contributed by atoms with Crippen molar-refractivity contribution in [2.45, 2.75) is 20.3 Å². The van der Waals surface area contributed by atoms with Gasteiger partial charge in [0.15, 0.2) is 0 Å². The van der Waals surface area contributed by atoms with Gasteiger partial charge in [-0.05, 0) is 19.4 Å². The van der Waals surface area contributed by atoms with Crippen molar-refractivity contribution in [1.82, 2.24) is 15.2 Å². The molecule has 0 unspecified atom stereocenters. The number of carbonyl (C=O) groups excluding carboxylic acids is 1. The summed E-state index contributed by atoms with van der Waals surface area (Å²) in [6, 6.07) is 1.68. The molecule has 2 aromatic rings. The van der Waals surface area contributed by atoms with E-state index in [-0.39, 0.29) is 5.91 Å². The fourth-order valence-corrected chi connectivity index (χ4v) is 2.09. The van der Waals surface area contributed by atoms with Crippen molar-refractivity contribution in [2.24, 2.45) is 0 Å². The average Bonchev–Trinajstić information content (AvgIpc) is 2.82. The number of pyridine rings is 1. The average molecular weight is 277 g/mol. The summed E-state index contributed by atoms with van der Waals surface area (Å²) in [5.74, 6) is -0.211.